The van der Waals surface area contributed by atoms with Crippen LogP contribution in [0.2, 0.25) is 0 Å². The minimum atomic E-state index is -0.522. The van der Waals surface area contributed by atoms with Gasteiger partial charge in [0.1, 0.15) is 19.8 Å². The van der Waals surface area contributed by atoms with Crippen LogP contribution in [0, 0.1) is 6.92 Å². The maximum Gasteiger partial charge on any atom is 0.414 e. The zero-order valence-corrected chi connectivity index (χ0v) is 49.2. The number of fused-ring (bicyclic) bond motifs is 1. The number of carbonyl (C=O) groups excluding carboxylic acids is 3. The largest absolute Gasteiger partial charge is 0.493 e. The third-order valence-electron chi connectivity index (χ3n) is 11.8. The fraction of sp³-hybridized carbons (Fsp3) is 0.467. The quantitative estimate of drug-likeness (QED) is 0.0362. The van der Waals surface area contributed by atoms with Gasteiger partial charge in [0.15, 0.2) is 23.0 Å². The first-order valence-corrected chi connectivity index (χ1v) is 29.0. The number of benzene rings is 3. The summed E-state index contributed by atoms with van der Waals surface area (Å²) in [5.74, 6) is 2.52. The number of aromatic nitrogens is 1. The summed E-state index contributed by atoms with van der Waals surface area (Å²) in [6.07, 6.45) is 12.6. The van der Waals surface area contributed by atoms with Gasteiger partial charge in [0.2, 0.25) is 6.41 Å². The Morgan fingerprint density at radius 3 is 2.13 bits per heavy atom. The molecule has 0 fully saturated rings. The van der Waals surface area contributed by atoms with Crippen LogP contribution in [0.15, 0.2) is 95.1 Å². The number of ether oxygens (including phenoxy) is 5. The monoisotopic (exact) mass is 1100 g/mol. The van der Waals surface area contributed by atoms with Crippen LogP contribution < -0.4 is 28.7 Å². The molecular formula is C60H83N5O10S2. The van der Waals surface area contributed by atoms with Crippen molar-refractivity contribution in [3.05, 3.63) is 118 Å². The summed E-state index contributed by atoms with van der Waals surface area (Å²) >= 11 is 0. The average Bonchev–Trinajstić information content (AvgIpc) is 4.04. The van der Waals surface area contributed by atoms with Crippen LogP contribution in [0.1, 0.15) is 140 Å². The Kier molecular flexibility index (Phi) is 28.9. The Bertz CT molecular complexity index is 2590. The molecule has 0 saturated heterocycles. The molecular weight excluding hydrogens is 1010 g/mol. The van der Waals surface area contributed by atoms with Crippen molar-refractivity contribution in [2.24, 2.45) is 4.99 Å². The Hall–Kier alpha value is -6.46. The number of allylic oxidation sites excluding steroid dienone is 2. The predicted molar refractivity (Wildman–Crippen MR) is 316 cm³/mol. The maximum absolute atomic E-state index is 14.3. The highest BCUT2D eigenvalue weighted by atomic mass is 33.1. The number of aliphatic imine (C=N–C) groups is 1. The SMILES string of the molecule is C=Nc1cc(OCc2cccc(COc3cc(N(CC4Cc5ccccc5N4C=O)C(=O)OCC(C)(C)SSCCCC)c(C)cc3OC)n2)c(OC)cc1C(=O)N1CCC2=C1C=CCC2.CC.CCC.CCC.O=CO. The molecule has 0 saturated carbocycles. The zero-order chi connectivity index (χ0) is 56.9. The topological polar surface area (TPSA) is 170 Å². The molecule has 3 aliphatic rings. The number of nitrogens with zero attached hydrogens (tertiary/aromatic N) is 5. The molecule has 0 radical (unpaired) electrons. The standard InChI is InChI=1S/C51H59N5O8S2.2C3H8.C2H6.CH2O2/c1-8-9-23-65-66-51(3,4)32-64-50(59)55(29-39-25-36-16-11-13-20-43(36)56(39)33-57)44-28-48(45(60-6)24-34(44)2)63-31-38-18-14-17-37(53-38)30-62-47-27-41(52-5)40(26-46(47)61-7)49(58)54-22-21-35-15-10-12-19-42(35)54;2*1-3-2;1-2;2-1-3/h11-14,16-20,24,26-28,33,39H,5,8-10,15,21-23,25,29-32H2,1-4,6-7H3;2*3H2,1-2H3;1-2H3;1H,(H,2,3). The molecule has 15 nitrogen and oxygen atoms in total. The molecule has 1 aliphatic carbocycles. The number of pyridine rings is 1. The highest BCUT2D eigenvalue weighted by molar-refractivity contribution is 8.77. The van der Waals surface area contributed by atoms with E-state index in [1.165, 1.54) is 25.5 Å². The van der Waals surface area contributed by atoms with E-state index in [-0.39, 0.29) is 49.5 Å². The summed E-state index contributed by atoms with van der Waals surface area (Å²) in [7, 11) is 6.60. The Labute approximate surface area is 466 Å². The molecule has 1 atom stereocenters. The minimum Gasteiger partial charge on any atom is -0.493 e. The van der Waals surface area contributed by atoms with Crippen LogP contribution in [-0.2, 0) is 34.0 Å². The third kappa shape index (κ3) is 18.9. The second kappa shape index (κ2) is 34.3. The zero-order valence-electron chi connectivity index (χ0n) is 47.5. The summed E-state index contributed by atoms with van der Waals surface area (Å²) in [6, 6.07) is 20.0. The molecule has 3 amide bonds. The van der Waals surface area contributed by atoms with Crippen LogP contribution >= 0.6 is 21.6 Å². The Morgan fingerprint density at radius 2 is 1.52 bits per heavy atom. The molecule has 0 spiro atoms. The van der Waals surface area contributed by atoms with Crippen molar-refractivity contribution in [1.82, 2.24) is 9.88 Å². The van der Waals surface area contributed by atoms with Crippen molar-refractivity contribution in [3.8, 4) is 23.0 Å². The lowest BCUT2D eigenvalue weighted by molar-refractivity contribution is -0.122. The molecule has 420 valence electrons. The molecule has 3 aromatic carbocycles. The summed E-state index contributed by atoms with van der Waals surface area (Å²) < 4.78 is 29.9. The van der Waals surface area contributed by atoms with Crippen molar-refractivity contribution < 1.29 is 48.0 Å². The van der Waals surface area contributed by atoms with Crippen molar-refractivity contribution >= 4 is 70.3 Å². The van der Waals surface area contributed by atoms with E-state index in [0.717, 1.165) is 66.8 Å². The maximum atomic E-state index is 14.3. The first-order chi connectivity index (χ1) is 37.2. The van der Waals surface area contributed by atoms with Crippen molar-refractivity contribution in [1.29, 1.82) is 0 Å². The van der Waals surface area contributed by atoms with Gasteiger partial charge in [-0.1, -0.05) is 120 Å². The molecule has 1 aromatic heterocycles. The Morgan fingerprint density at radius 1 is 0.896 bits per heavy atom. The summed E-state index contributed by atoms with van der Waals surface area (Å²) in [6.45, 7) is 25.4. The molecule has 0 bridgehead atoms. The van der Waals surface area contributed by atoms with Crippen molar-refractivity contribution in [2.45, 2.75) is 145 Å². The van der Waals surface area contributed by atoms with Gasteiger partial charge in [0.25, 0.3) is 12.4 Å². The van der Waals surface area contributed by atoms with Gasteiger partial charge in [0, 0.05) is 35.8 Å². The predicted octanol–water partition coefficient (Wildman–Crippen LogP) is 14.4. The number of rotatable bonds is 21. The van der Waals surface area contributed by atoms with E-state index >= 15 is 0 Å². The number of hydrogen-bond donors (Lipinski definition) is 1. The lowest BCUT2D eigenvalue weighted by Gasteiger charge is -2.31. The van der Waals surface area contributed by atoms with E-state index in [2.05, 4.69) is 66.3 Å². The molecule has 3 heterocycles. The normalized spacial score (nSPS) is 13.8. The van der Waals surface area contributed by atoms with Crippen LogP contribution in [0.4, 0.5) is 21.9 Å². The molecule has 4 aromatic rings. The van der Waals surface area contributed by atoms with Gasteiger partial charge in [-0.05, 0) is 113 Å². The molecule has 1 unspecified atom stereocenters. The van der Waals surface area contributed by atoms with Crippen LogP contribution in [-0.4, -0.2) is 97.0 Å². The van der Waals surface area contributed by atoms with E-state index in [1.807, 2.05) is 75.4 Å². The van der Waals surface area contributed by atoms with E-state index < -0.39 is 6.09 Å². The van der Waals surface area contributed by atoms with E-state index in [4.69, 9.17) is 38.6 Å². The average molecular weight is 1100 g/mol. The summed E-state index contributed by atoms with van der Waals surface area (Å²) in [4.78, 5) is 63.1. The summed E-state index contributed by atoms with van der Waals surface area (Å²) in [5, 5.41) is 6.89. The van der Waals surface area contributed by atoms with E-state index in [9.17, 15) is 14.4 Å². The summed E-state index contributed by atoms with van der Waals surface area (Å²) in [5.41, 5.74) is 7.49. The van der Waals surface area contributed by atoms with Crippen LogP contribution in [0.3, 0.4) is 0 Å². The first-order valence-electron chi connectivity index (χ1n) is 26.6. The van der Waals surface area contributed by atoms with Gasteiger partial charge < -0.3 is 38.6 Å². The number of aryl methyl sites for hydroxylation is 1. The molecule has 17 heteroatoms. The molecule has 1 N–H and O–H groups in total. The number of carbonyl (C=O) groups is 4. The number of unbranched alkanes of at least 4 members (excludes halogenated alkanes) is 1. The number of amides is 3. The molecule has 7 rings (SSSR count). The fourth-order valence-electron chi connectivity index (χ4n) is 8.29. The van der Waals surface area contributed by atoms with Crippen molar-refractivity contribution in [3.63, 3.8) is 0 Å². The number of hydrogen-bond acceptors (Lipinski definition) is 13. The van der Waals surface area contributed by atoms with Gasteiger partial charge in [-0.2, -0.15) is 0 Å². The lowest BCUT2D eigenvalue weighted by atomic mass is 10.0. The van der Waals surface area contributed by atoms with Gasteiger partial charge in [0.05, 0.1) is 59.9 Å². The van der Waals surface area contributed by atoms with Gasteiger partial charge >= 0.3 is 6.09 Å². The Balaban J connectivity index is 0.00000131. The van der Waals surface area contributed by atoms with Crippen LogP contribution in [0.25, 0.3) is 0 Å². The van der Waals surface area contributed by atoms with Crippen LogP contribution in [0.5, 0.6) is 23.0 Å². The van der Waals surface area contributed by atoms with Gasteiger partial charge in [-0.3, -0.25) is 29.3 Å². The highest BCUT2D eigenvalue weighted by Gasteiger charge is 2.35. The number of anilines is 2. The second-order valence-corrected chi connectivity index (χ2v) is 21.6. The third-order valence-corrected chi connectivity index (χ3v) is 15.1. The second-order valence-electron chi connectivity index (χ2n) is 18.5. The molecule has 77 heavy (non-hydrogen) atoms. The van der Waals surface area contributed by atoms with E-state index in [1.54, 1.807) is 61.6 Å². The molecule has 2 aliphatic heterocycles. The fourth-order valence-corrected chi connectivity index (χ4v) is 10.9. The number of carboxylic acid groups (broad SMARTS) is 1. The highest BCUT2D eigenvalue weighted by Crippen LogP contribution is 2.41. The minimum absolute atomic E-state index is 0.0730. The first kappa shape index (κ1) is 64.8. The van der Waals surface area contributed by atoms with E-state index in [0.29, 0.717) is 64.3 Å². The van der Waals surface area contributed by atoms with Gasteiger partial charge in [-0.25, -0.2) is 4.79 Å². The van der Waals surface area contributed by atoms with Crippen molar-refractivity contribution in [2.75, 3.05) is 49.5 Å². The number of para-hydroxylation sites is 1. The smallest absolute Gasteiger partial charge is 0.414 e. The number of methoxy groups -OCH3 is 2. The van der Waals surface area contributed by atoms with Gasteiger partial charge in [-0.15, -0.1) is 0 Å². The lowest BCUT2D eigenvalue weighted by Crippen LogP contribution is -2.45.